The van der Waals surface area contributed by atoms with E-state index in [-0.39, 0.29) is 11.4 Å². The normalized spacial score (nSPS) is 17.0. The van der Waals surface area contributed by atoms with E-state index in [0.29, 0.717) is 0 Å². The molecule has 0 saturated carbocycles. The third-order valence-electron chi connectivity index (χ3n) is 2.79. The van der Waals surface area contributed by atoms with Crippen LogP contribution in [0.5, 0.6) is 0 Å². The first kappa shape index (κ1) is 17.9. The maximum atomic E-state index is 10.8. The highest BCUT2D eigenvalue weighted by atomic mass is 16.6. The van der Waals surface area contributed by atoms with Crippen molar-refractivity contribution < 1.29 is 30.5 Å². The van der Waals surface area contributed by atoms with Crippen molar-refractivity contribution in [2.45, 2.75) is 24.4 Å². The predicted octanol–water partition coefficient (Wildman–Crippen LogP) is -1.57. The number of hydrazone groups is 1. The number of anilines is 1. The molecule has 0 amide bonds. The third-order valence-corrected chi connectivity index (χ3v) is 2.79. The molecule has 1 rings (SSSR count). The number of nitro benzene ring substituents is 1. The van der Waals surface area contributed by atoms with Crippen molar-refractivity contribution in [3.63, 3.8) is 0 Å². The minimum absolute atomic E-state index is 0.0707. The van der Waals surface area contributed by atoms with Gasteiger partial charge in [0.05, 0.1) is 17.7 Å². The zero-order chi connectivity index (χ0) is 16.7. The Labute approximate surface area is 125 Å². The van der Waals surface area contributed by atoms with Crippen LogP contribution in [0.15, 0.2) is 29.4 Å². The summed E-state index contributed by atoms with van der Waals surface area (Å²) < 4.78 is 0. The molecule has 10 nitrogen and oxygen atoms in total. The summed E-state index contributed by atoms with van der Waals surface area (Å²) in [7, 11) is 0. The lowest BCUT2D eigenvalue weighted by Crippen LogP contribution is -2.46. The van der Waals surface area contributed by atoms with Crippen molar-refractivity contribution in [3.8, 4) is 0 Å². The molecular formula is C12H17N3O7. The monoisotopic (exact) mass is 315 g/mol. The molecule has 0 spiro atoms. The lowest BCUT2D eigenvalue weighted by Gasteiger charge is -2.23. The number of aliphatic hydroxyl groups is 5. The molecule has 10 heteroatoms. The average molecular weight is 315 g/mol. The van der Waals surface area contributed by atoms with Crippen LogP contribution < -0.4 is 5.43 Å². The molecule has 0 saturated heterocycles. The van der Waals surface area contributed by atoms with Crippen molar-refractivity contribution in [2.75, 3.05) is 12.0 Å². The molecule has 22 heavy (non-hydrogen) atoms. The summed E-state index contributed by atoms with van der Waals surface area (Å²) in [5.41, 5.74) is 2.17. The Balaban J connectivity index is 2.68. The summed E-state index contributed by atoms with van der Waals surface area (Å²) in [6.45, 7) is -0.795. The highest BCUT2D eigenvalue weighted by molar-refractivity contribution is 5.67. The number of hydrogen-bond donors (Lipinski definition) is 6. The van der Waals surface area contributed by atoms with Gasteiger partial charge in [0, 0.05) is 6.07 Å². The fourth-order valence-electron chi connectivity index (χ4n) is 1.54. The van der Waals surface area contributed by atoms with E-state index in [9.17, 15) is 25.4 Å². The van der Waals surface area contributed by atoms with Crippen LogP contribution >= 0.6 is 0 Å². The number of nitrogens with zero attached hydrogens (tertiary/aromatic N) is 2. The Kier molecular flexibility index (Phi) is 6.82. The van der Waals surface area contributed by atoms with Gasteiger partial charge in [0.25, 0.3) is 5.69 Å². The molecule has 0 aliphatic carbocycles. The molecule has 1 aromatic carbocycles. The van der Waals surface area contributed by atoms with Crippen LogP contribution in [0.1, 0.15) is 0 Å². The zero-order valence-electron chi connectivity index (χ0n) is 11.4. The van der Waals surface area contributed by atoms with Gasteiger partial charge in [0.2, 0.25) is 0 Å². The molecule has 0 heterocycles. The lowest BCUT2D eigenvalue weighted by molar-refractivity contribution is -0.384. The van der Waals surface area contributed by atoms with E-state index in [1.807, 2.05) is 0 Å². The predicted molar refractivity (Wildman–Crippen MR) is 76.3 cm³/mol. The van der Waals surface area contributed by atoms with Gasteiger partial charge in [-0.3, -0.25) is 15.5 Å². The van der Waals surface area contributed by atoms with E-state index < -0.39 is 35.9 Å². The first-order valence-electron chi connectivity index (χ1n) is 6.24. The number of benzene rings is 1. The van der Waals surface area contributed by atoms with Gasteiger partial charge in [-0.25, -0.2) is 0 Å². The molecule has 0 unspecified atom stereocenters. The Morgan fingerprint density at radius 3 is 2.45 bits per heavy atom. The van der Waals surface area contributed by atoms with Gasteiger partial charge in [-0.2, -0.15) is 5.10 Å². The number of nitro groups is 1. The molecule has 1 aromatic rings. The number of para-hydroxylation sites is 2. The molecule has 4 atom stereocenters. The first-order valence-corrected chi connectivity index (χ1v) is 6.24. The van der Waals surface area contributed by atoms with Crippen LogP contribution in [-0.2, 0) is 0 Å². The second-order valence-corrected chi connectivity index (χ2v) is 4.39. The van der Waals surface area contributed by atoms with Gasteiger partial charge in [0.1, 0.15) is 30.1 Å². The third kappa shape index (κ3) is 4.72. The maximum Gasteiger partial charge on any atom is 0.294 e. The van der Waals surface area contributed by atoms with E-state index in [0.717, 1.165) is 6.21 Å². The van der Waals surface area contributed by atoms with Gasteiger partial charge in [-0.05, 0) is 6.07 Å². The van der Waals surface area contributed by atoms with Gasteiger partial charge < -0.3 is 25.5 Å². The van der Waals surface area contributed by atoms with Crippen molar-refractivity contribution in [1.82, 2.24) is 0 Å². The van der Waals surface area contributed by atoms with Gasteiger partial charge in [-0.1, -0.05) is 12.1 Å². The number of hydrogen-bond acceptors (Lipinski definition) is 9. The van der Waals surface area contributed by atoms with Crippen molar-refractivity contribution in [1.29, 1.82) is 0 Å². The second kappa shape index (κ2) is 8.36. The van der Waals surface area contributed by atoms with Crippen LogP contribution in [0.3, 0.4) is 0 Å². The van der Waals surface area contributed by atoms with Crippen LogP contribution in [0, 0.1) is 10.1 Å². The summed E-state index contributed by atoms with van der Waals surface area (Å²) in [5, 5.41) is 60.6. The molecule has 122 valence electrons. The second-order valence-electron chi connectivity index (χ2n) is 4.39. The molecule has 0 bridgehead atoms. The Bertz CT molecular complexity index is 525. The molecule has 0 aliphatic rings. The summed E-state index contributed by atoms with van der Waals surface area (Å²) in [5.74, 6) is 0. The Morgan fingerprint density at radius 2 is 1.86 bits per heavy atom. The van der Waals surface area contributed by atoms with E-state index in [1.54, 1.807) is 0 Å². The topological polar surface area (TPSA) is 169 Å². The molecular weight excluding hydrogens is 298 g/mol. The fourth-order valence-corrected chi connectivity index (χ4v) is 1.54. The van der Waals surface area contributed by atoms with E-state index in [1.165, 1.54) is 24.3 Å². The summed E-state index contributed by atoms with van der Waals surface area (Å²) in [6.07, 6.45) is -6.06. The Hall–Kier alpha value is -2.11. The highest BCUT2D eigenvalue weighted by Gasteiger charge is 2.29. The van der Waals surface area contributed by atoms with Crippen LogP contribution in [0.2, 0.25) is 0 Å². The van der Waals surface area contributed by atoms with Crippen molar-refractivity contribution in [3.05, 3.63) is 34.4 Å². The quantitative estimate of drug-likeness (QED) is 0.190. The van der Waals surface area contributed by atoms with E-state index in [4.69, 9.17) is 10.2 Å². The lowest BCUT2D eigenvalue weighted by atomic mass is 10.0. The SMILES string of the molecule is O=[N+]([O-])c1ccccc1N/N=C/[C@H](O)[C@@H](O)[C@H](O)[C@H](O)CO. The van der Waals surface area contributed by atoms with E-state index in [2.05, 4.69) is 10.5 Å². The van der Waals surface area contributed by atoms with Gasteiger partial charge >= 0.3 is 0 Å². The van der Waals surface area contributed by atoms with Crippen LogP contribution in [0.4, 0.5) is 11.4 Å². The molecule has 0 fully saturated rings. The first-order chi connectivity index (χ1) is 10.4. The van der Waals surface area contributed by atoms with Crippen molar-refractivity contribution in [2.24, 2.45) is 5.10 Å². The number of nitrogens with one attached hydrogen (secondary N) is 1. The van der Waals surface area contributed by atoms with Gasteiger partial charge in [0.15, 0.2) is 0 Å². The number of rotatable bonds is 8. The van der Waals surface area contributed by atoms with Crippen LogP contribution in [-0.4, -0.2) is 67.7 Å². The summed E-state index contributed by atoms with van der Waals surface area (Å²) in [6, 6.07) is 5.66. The smallest absolute Gasteiger partial charge is 0.294 e. The van der Waals surface area contributed by atoms with Gasteiger partial charge in [-0.15, -0.1) is 0 Å². The summed E-state index contributed by atoms with van der Waals surface area (Å²) in [4.78, 5) is 10.1. The van der Waals surface area contributed by atoms with Crippen molar-refractivity contribution >= 4 is 17.6 Å². The largest absolute Gasteiger partial charge is 0.394 e. The zero-order valence-corrected chi connectivity index (χ0v) is 11.4. The minimum atomic E-state index is -1.79. The minimum Gasteiger partial charge on any atom is -0.394 e. The average Bonchev–Trinajstić information content (AvgIpc) is 2.52. The standard InChI is InChI=1S/C12H17N3O7/c16-6-10(18)12(20)11(19)9(17)5-13-14-7-3-1-2-4-8(7)15(21)22/h1-5,9-12,14,16-20H,6H2/b13-5+/t9-,10+,11+,12+/m0/s1. The van der Waals surface area contributed by atoms with Crippen LogP contribution in [0.25, 0.3) is 0 Å². The highest BCUT2D eigenvalue weighted by Crippen LogP contribution is 2.22. The maximum absolute atomic E-state index is 10.8. The fraction of sp³-hybridized carbons (Fsp3) is 0.417. The molecule has 0 radical (unpaired) electrons. The molecule has 6 N–H and O–H groups in total. The van der Waals surface area contributed by atoms with E-state index >= 15 is 0 Å². The molecule has 0 aliphatic heterocycles. The Morgan fingerprint density at radius 1 is 1.23 bits per heavy atom. The number of aliphatic hydroxyl groups excluding tert-OH is 5. The summed E-state index contributed by atoms with van der Waals surface area (Å²) >= 11 is 0. The molecule has 0 aromatic heterocycles.